The van der Waals surface area contributed by atoms with Gasteiger partial charge in [0.2, 0.25) is 10.0 Å². The van der Waals surface area contributed by atoms with Crippen molar-refractivity contribution in [2.75, 3.05) is 18.8 Å². The topological polar surface area (TPSA) is 101 Å². The maximum Gasteiger partial charge on any atom is 0.248 e. The van der Waals surface area contributed by atoms with Crippen LogP contribution in [0.2, 0.25) is 0 Å². The molecular formula is C9H16N4O3S. The summed E-state index contributed by atoms with van der Waals surface area (Å²) in [7, 11) is -2.00. The van der Waals surface area contributed by atoms with Gasteiger partial charge >= 0.3 is 0 Å². The number of aryl methyl sites for hydroxylation is 1. The Morgan fingerprint density at radius 2 is 2.18 bits per heavy atom. The molecule has 0 bridgehead atoms. The Morgan fingerprint density at radius 3 is 2.59 bits per heavy atom. The van der Waals surface area contributed by atoms with E-state index in [0.717, 1.165) is 0 Å². The minimum atomic E-state index is -3.65. The molecule has 0 spiro atoms. The minimum Gasteiger partial charge on any atom is -0.392 e. The number of nitrogens with two attached hydrogens (primary N) is 1. The number of aliphatic hydroxyl groups excluding tert-OH is 1. The smallest absolute Gasteiger partial charge is 0.248 e. The van der Waals surface area contributed by atoms with Gasteiger partial charge in [0, 0.05) is 20.1 Å². The number of aliphatic hydroxyl groups is 1. The van der Waals surface area contributed by atoms with Gasteiger partial charge in [-0.2, -0.15) is 9.40 Å². The van der Waals surface area contributed by atoms with Crippen LogP contribution in [0.4, 0.5) is 5.82 Å². The average molecular weight is 260 g/mol. The third-order valence-electron chi connectivity index (χ3n) is 3.03. The lowest BCUT2D eigenvalue weighted by atomic mass is 10.3. The van der Waals surface area contributed by atoms with Crippen molar-refractivity contribution >= 4 is 15.8 Å². The first-order chi connectivity index (χ1) is 7.84. The number of hydrogen-bond acceptors (Lipinski definition) is 5. The molecule has 2 rings (SSSR count). The SMILES string of the molecule is Cc1c(S(=O)(=O)N2CC[C@@H](O)C2)c(N)nn1C. The van der Waals surface area contributed by atoms with Crippen molar-refractivity contribution in [2.24, 2.45) is 7.05 Å². The lowest BCUT2D eigenvalue weighted by Crippen LogP contribution is -2.30. The average Bonchev–Trinajstić information content (AvgIpc) is 2.73. The van der Waals surface area contributed by atoms with Crippen LogP contribution in [0.15, 0.2) is 4.90 Å². The number of anilines is 1. The van der Waals surface area contributed by atoms with Crippen molar-refractivity contribution in [3.63, 3.8) is 0 Å². The molecule has 3 N–H and O–H groups in total. The van der Waals surface area contributed by atoms with Crippen LogP contribution in [0.3, 0.4) is 0 Å². The van der Waals surface area contributed by atoms with Gasteiger partial charge in [-0.15, -0.1) is 0 Å². The van der Waals surface area contributed by atoms with E-state index < -0.39 is 16.1 Å². The minimum absolute atomic E-state index is 0.00592. The lowest BCUT2D eigenvalue weighted by molar-refractivity contribution is 0.189. The summed E-state index contributed by atoms with van der Waals surface area (Å²) >= 11 is 0. The van der Waals surface area contributed by atoms with E-state index in [0.29, 0.717) is 18.7 Å². The Balaban J connectivity index is 2.45. The zero-order valence-corrected chi connectivity index (χ0v) is 10.6. The lowest BCUT2D eigenvalue weighted by Gasteiger charge is -2.15. The van der Waals surface area contributed by atoms with Gasteiger partial charge in [0.05, 0.1) is 11.8 Å². The first-order valence-electron chi connectivity index (χ1n) is 5.31. The molecule has 7 nitrogen and oxygen atoms in total. The van der Waals surface area contributed by atoms with Gasteiger partial charge in [0.15, 0.2) is 5.82 Å². The quantitative estimate of drug-likeness (QED) is 0.715. The molecule has 8 heteroatoms. The fraction of sp³-hybridized carbons (Fsp3) is 0.667. The summed E-state index contributed by atoms with van der Waals surface area (Å²) in [6.07, 6.45) is -0.138. The first-order valence-corrected chi connectivity index (χ1v) is 6.75. The molecule has 17 heavy (non-hydrogen) atoms. The van der Waals surface area contributed by atoms with E-state index >= 15 is 0 Å². The summed E-state index contributed by atoms with van der Waals surface area (Å²) in [5.41, 5.74) is 6.13. The normalized spacial score (nSPS) is 22.2. The maximum atomic E-state index is 12.3. The van der Waals surface area contributed by atoms with E-state index in [1.54, 1.807) is 14.0 Å². The predicted octanol–water partition coefficient (Wildman–Crippen LogP) is -0.934. The summed E-state index contributed by atoms with van der Waals surface area (Å²) in [4.78, 5) is 0.0501. The summed E-state index contributed by atoms with van der Waals surface area (Å²) in [5, 5.41) is 13.3. The largest absolute Gasteiger partial charge is 0.392 e. The molecule has 0 unspecified atom stereocenters. The molecule has 1 fully saturated rings. The van der Waals surface area contributed by atoms with Crippen LogP contribution in [0.5, 0.6) is 0 Å². The van der Waals surface area contributed by atoms with Gasteiger partial charge in [0.1, 0.15) is 4.90 Å². The number of sulfonamides is 1. The highest BCUT2D eigenvalue weighted by atomic mass is 32.2. The molecule has 0 saturated carbocycles. The van der Waals surface area contributed by atoms with Gasteiger partial charge in [0.25, 0.3) is 0 Å². The van der Waals surface area contributed by atoms with Crippen molar-refractivity contribution in [2.45, 2.75) is 24.3 Å². The van der Waals surface area contributed by atoms with E-state index in [9.17, 15) is 13.5 Å². The predicted molar refractivity (Wildman–Crippen MR) is 61.7 cm³/mol. The summed E-state index contributed by atoms with van der Waals surface area (Å²) < 4.78 is 27.3. The second kappa shape index (κ2) is 3.97. The van der Waals surface area contributed by atoms with Gasteiger partial charge in [-0.05, 0) is 13.3 Å². The van der Waals surface area contributed by atoms with Crippen LogP contribution in [0.25, 0.3) is 0 Å². The van der Waals surface area contributed by atoms with Crippen molar-refractivity contribution in [3.8, 4) is 0 Å². The number of β-amino-alcohol motifs (C(OH)–C–C–N with tert-alkyl or cyclic N) is 1. The molecule has 0 radical (unpaired) electrons. The van der Waals surface area contributed by atoms with Crippen molar-refractivity contribution in [1.29, 1.82) is 0 Å². The highest BCUT2D eigenvalue weighted by Gasteiger charge is 2.35. The van der Waals surface area contributed by atoms with E-state index in [1.165, 1.54) is 8.99 Å². The van der Waals surface area contributed by atoms with Gasteiger partial charge in [-0.3, -0.25) is 4.68 Å². The Bertz CT molecular complexity index is 537. The Morgan fingerprint density at radius 1 is 1.53 bits per heavy atom. The molecule has 1 aromatic rings. The highest BCUT2D eigenvalue weighted by molar-refractivity contribution is 7.89. The van der Waals surface area contributed by atoms with E-state index in [-0.39, 0.29) is 17.3 Å². The number of nitrogen functional groups attached to an aromatic ring is 1. The van der Waals surface area contributed by atoms with Crippen molar-refractivity contribution in [3.05, 3.63) is 5.69 Å². The van der Waals surface area contributed by atoms with Crippen LogP contribution in [0.1, 0.15) is 12.1 Å². The van der Waals surface area contributed by atoms with Gasteiger partial charge in [-0.1, -0.05) is 0 Å². The van der Waals surface area contributed by atoms with Crippen LogP contribution < -0.4 is 5.73 Å². The van der Waals surface area contributed by atoms with Crippen molar-refractivity contribution in [1.82, 2.24) is 14.1 Å². The molecule has 2 heterocycles. The highest BCUT2D eigenvalue weighted by Crippen LogP contribution is 2.27. The number of aromatic nitrogens is 2. The van der Waals surface area contributed by atoms with Crippen LogP contribution in [0, 0.1) is 6.92 Å². The van der Waals surface area contributed by atoms with E-state index in [1.807, 2.05) is 0 Å². The van der Waals surface area contributed by atoms with Gasteiger partial charge in [-0.25, -0.2) is 8.42 Å². The summed E-state index contributed by atoms with van der Waals surface area (Å²) in [6, 6.07) is 0. The molecule has 1 aliphatic heterocycles. The van der Waals surface area contributed by atoms with E-state index in [2.05, 4.69) is 5.10 Å². The number of nitrogens with zero attached hydrogens (tertiary/aromatic N) is 3. The molecule has 1 aliphatic rings. The second-order valence-corrected chi connectivity index (χ2v) is 6.10. The molecular weight excluding hydrogens is 244 g/mol. The third-order valence-corrected chi connectivity index (χ3v) is 5.06. The van der Waals surface area contributed by atoms with Crippen LogP contribution in [-0.2, 0) is 17.1 Å². The Hall–Kier alpha value is -1.12. The Kier molecular flexibility index (Phi) is 2.88. The fourth-order valence-corrected chi connectivity index (χ4v) is 3.77. The summed E-state index contributed by atoms with van der Waals surface area (Å²) in [6.45, 7) is 2.09. The monoisotopic (exact) mass is 260 g/mol. The molecule has 1 saturated heterocycles. The van der Waals surface area contributed by atoms with Crippen LogP contribution >= 0.6 is 0 Å². The number of rotatable bonds is 2. The molecule has 0 aliphatic carbocycles. The molecule has 0 amide bonds. The standard InChI is InChI=1S/C9H16N4O3S/c1-6-8(9(10)11-12(6)2)17(15,16)13-4-3-7(14)5-13/h7,14H,3-5H2,1-2H3,(H2,10,11)/t7-/m1/s1. The molecule has 1 aromatic heterocycles. The maximum absolute atomic E-state index is 12.3. The third kappa shape index (κ3) is 1.92. The Labute approximate surface area is 99.9 Å². The van der Waals surface area contributed by atoms with Crippen molar-refractivity contribution < 1.29 is 13.5 Å². The second-order valence-electron chi connectivity index (χ2n) is 4.23. The number of hydrogen-bond donors (Lipinski definition) is 2. The summed E-state index contributed by atoms with van der Waals surface area (Å²) in [5.74, 6) is 0.00592. The van der Waals surface area contributed by atoms with Crippen LogP contribution in [-0.4, -0.2) is 46.8 Å². The zero-order valence-electron chi connectivity index (χ0n) is 9.79. The van der Waals surface area contributed by atoms with Gasteiger partial charge < -0.3 is 10.8 Å². The zero-order chi connectivity index (χ0) is 12.8. The first kappa shape index (κ1) is 12.3. The molecule has 1 atom stereocenters. The van der Waals surface area contributed by atoms with E-state index in [4.69, 9.17) is 5.73 Å². The fourth-order valence-electron chi connectivity index (χ4n) is 1.99. The molecule has 0 aromatic carbocycles. The molecule has 96 valence electrons.